The highest BCUT2D eigenvalue weighted by Crippen LogP contribution is 2.30. The van der Waals surface area contributed by atoms with Crippen molar-refractivity contribution in [1.82, 2.24) is 4.98 Å². The van der Waals surface area contributed by atoms with E-state index in [9.17, 15) is 32.3 Å². The van der Waals surface area contributed by atoms with E-state index in [2.05, 4.69) is 4.98 Å². The van der Waals surface area contributed by atoms with Crippen LogP contribution in [0.5, 0.6) is 5.75 Å². The summed E-state index contributed by atoms with van der Waals surface area (Å²) in [5.41, 5.74) is -2.09. The molecule has 5 nitrogen and oxygen atoms in total. The number of H-pyrrole nitrogens is 1. The lowest BCUT2D eigenvalue weighted by Gasteiger charge is -2.12. The van der Waals surface area contributed by atoms with Crippen LogP contribution in [0.3, 0.4) is 0 Å². The lowest BCUT2D eigenvalue weighted by molar-refractivity contribution is 0.0521. The van der Waals surface area contributed by atoms with Crippen molar-refractivity contribution in [2.75, 3.05) is 6.61 Å². The number of ether oxygens (including phenoxy) is 1. The molecule has 9 heteroatoms. The molecule has 146 valence electrons. The third-order valence-corrected chi connectivity index (χ3v) is 4.12. The topological polar surface area (TPSA) is 79.4 Å². The molecule has 0 saturated carbocycles. The van der Waals surface area contributed by atoms with Crippen molar-refractivity contribution in [2.24, 2.45) is 0 Å². The molecule has 0 fully saturated rings. The molecule has 0 spiro atoms. The maximum Gasteiger partial charge on any atom is 0.347 e. The normalized spacial score (nSPS) is 11.0. The maximum atomic E-state index is 14.1. The van der Waals surface area contributed by atoms with Crippen molar-refractivity contribution < 1.29 is 32.2 Å². The molecule has 2 N–H and O–H groups in total. The number of carbonyl (C=O) groups excluding carboxylic acids is 1. The number of aromatic nitrogens is 1. The molecular formula is C19H13F4NO4. The molecule has 0 saturated heterocycles. The highest BCUT2D eigenvalue weighted by Gasteiger charge is 2.23. The van der Waals surface area contributed by atoms with Crippen molar-refractivity contribution in [3.8, 4) is 5.75 Å². The van der Waals surface area contributed by atoms with Crippen LogP contribution in [0, 0.1) is 23.3 Å². The third-order valence-electron chi connectivity index (χ3n) is 4.12. The zero-order valence-corrected chi connectivity index (χ0v) is 14.4. The average molecular weight is 395 g/mol. The molecule has 0 aliphatic rings. The van der Waals surface area contributed by atoms with Crippen molar-refractivity contribution in [3.63, 3.8) is 0 Å². The van der Waals surface area contributed by atoms with Crippen LogP contribution < -0.4 is 5.56 Å². The first-order valence-electron chi connectivity index (χ1n) is 8.11. The van der Waals surface area contributed by atoms with Crippen LogP contribution in [0.1, 0.15) is 28.4 Å². The molecule has 2 aromatic carbocycles. The van der Waals surface area contributed by atoms with Gasteiger partial charge in [0.05, 0.1) is 12.1 Å². The van der Waals surface area contributed by atoms with Crippen LogP contribution in [0.15, 0.2) is 29.1 Å². The van der Waals surface area contributed by atoms with Gasteiger partial charge >= 0.3 is 5.97 Å². The first-order valence-corrected chi connectivity index (χ1v) is 8.11. The number of aromatic amines is 1. The Kier molecular flexibility index (Phi) is 5.08. The first kappa shape index (κ1) is 19.4. The number of pyridine rings is 1. The maximum absolute atomic E-state index is 14.1. The van der Waals surface area contributed by atoms with Gasteiger partial charge in [-0.1, -0.05) is 6.07 Å². The van der Waals surface area contributed by atoms with E-state index in [1.165, 1.54) is 6.92 Å². The van der Waals surface area contributed by atoms with Gasteiger partial charge in [-0.15, -0.1) is 0 Å². The van der Waals surface area contributed by atoms with Crippen LogP contribution in [0.2, 0.25) is 0 Å². The zero-order valence-electron chi connectivity index (χ0n) is 14.4. The lowest BCUT2D eigenvalue weighted by Crippen LogP contribution is -2.20. The van der Waals surface area contributed by atoms with Crippen LogP contribution in [0.4, 0.5) is 17.6 Å². The van der Waals surface area contributed by atoms with Gasteiger partial charge in [0.25, 0.3) is 5.56 Å². The summed E-state index contributed by atoms with van der Waals surface area (Å²) in [7, 11) is 0. The molecule has 0 radical (unpaired) electrons. The Labute approximate surface area is 155 Å². The molecule has 0 aliphatic carbocycles. The summed E-state index contributed by atoms with van der Waals surface area (Å²) in [5.74, 6) is -7.27. The zero-order chi connectivity index (χ0) is 20.6. The predicted octanol–water partition coefficient (Wildman–Crippen LogP) is 3.56. The van der Waals surface area contributed by atoms with Gasteiger partial charge in [-0.2, -0.15) is 0 Å². The van der Waals surface area contributed by atoms with Crippen molar-refractivity contribution >= 4 is 16.9 Å². The van der Waals surface area contributed by atoms with Gasteiger partial charge in [-0.25, -0.2) is 22.4 Å². The van der Waals surface area contributed by atoms with E-state index in [-0.39, 0.29) is 28.6 Å². The minimum absolute atomic E-state index is 0.0114. The number of benzene rings is 2. The number of carbonyl (C=O) groups is 1. The molecule has 28 heavy (non-hydrogen) atoms. The van der Waals surface area contributed by atoms with Crippen LogP contribution >= 0.6 is 0 Å². The molecule has 0 atom stereocenters. The van der Waals surface area contributed by atoms with E-state index in [1.807, 2.05) is 0 Å². The van der Waals surface area contributed by atoms with Gasteiger partial charge in [-0.3, -0.25) is 4.79 Å². The number of nitrogens with one attached hydrogen (secondary N) is 1. The molecule has 0 aliphatic heterocycles. The molecular weight excluding hydrogens is 382 g/mol. The van der Waals surface area contributed by atoms with Gasteiger partial charge in [0.2, 0.25) is 0 Å². The summed E-state index contributed by atoms with van der Waals surface area (Å²) < 4.78 is 59.3. The summed E-state index contributed by atoms with van der Waals surface area (Å²) in [6.07, 6.45) is -0.411. The fourth-order valence-electron chi connectivity index (χ4n) is 2.86. The Morgan fingerprint density at radius 3 is 2.50 bits per heavy atom. The Bertz CT molecular complexity index is 1160. The number of hydrogen-bond donors (Lipinski definition) is 2. The predicted molar refractivity (Wildman–Crippen MR) is 91.3 cm³/mol. The summed E-state index contributed by atoms with van der Waals surface area (Å²) in [4.78, 5) is 26.4. The minimum atomic E-state index is -1.68. The first-order chi connectivity index (χ1) is 13.2. The van der Waals surface area contributed by atoms with Crippen LogP contribution in [0.25, 0.3) is 10.9 Å². The lowest BCUT2D eigenvalue weighted by atomic mass is 9.99. The highest BCUT2D eigenvalue weighted by atomic mass is 19.2. The van der Waals surface area contributed by atoms with Gasteiger partial charge in [-0.05, 0) is 36.2 Å². The number of hydrogen-bond acceptors (Lipinski definition) is 4. The highest BCUT2D eigenvalue weighted by molar-refractivity contribution is 6.00. The molecule has 0 amide bonds. The molecule has 0 bridgehead atoms. The quantitative estimate of drug-likeness (QED) is 0.402. The van der Waals surface area contributed by atoms with E-state index in [1.54, 1.807) is 0 Å². The standard InChI is InChI=1S/C19H13F4NO4/c1-2-28-19(27)13-17(25)11-7-10(20)6-9(16(11)24-18(13)26)5-8-3-4-12(21)15(23)14(8)22/h3-4,6-7H,2,5H2,1H3,(H2,24,25,26). The monoisotopic (exact) mass is 395 g/mol. The van der Waals surface area contributed by atoms with Gasteiger partial charge < -0.3 is 14.8 Å². The second-order valence-corrected chi connectivity index (χ2v) is 5.90. The Morgan fingerprint density at radius 1 is 1.11 bits per heavy atom. The molecule has 3 rings (SSSR count). The van der Waals surface area contributed by atoms with E-state index in [4.69, 9.17) is 4.74 Å². The molecule has 1 heterocycles. The third kappa shape index (κ3) is 3.30. The second kappa shape index (κ2) is 7.34. The van der Waals surface area contributed by atoms with Gasteiger partial charge in [0, 0.05) is 11.8 Å². The average Bonchev–Trinajstić information content (AvgIpc) is 2.63. The Balaban J connectivity index is 2.21. The SMILES string of the molecule is CCOC(=O)c1c(O)c2cc(F)cc(Cc3ccc(F)c(F)c3F)c2[nH]c1=O. The fourth-order valence-corrected chi connectivity index (χ4v) is 2.86. The van der Waals surface area contributed by atoms with Crippen LogP contribution in [-0.2, 0) is 11.2 Å². The van der Waals surface area contributed by atoms with Crippen molar-refractivity contribution in [1.29, 1.82) is 0 Å². The van der Waals surface area contributed by atoms with E-state index < -0.39 is 52.5 Å². The van der Waals surface area contributed by atoms with Crippen LogP contribution in [-0.4, -0.2) is 22.7 Å². The fraction of sp³-hybridized carbons (Fsp3) is 0.158. The molecule has 0 unspecified atom stereocenters. The summed E-state index contributed by atoms with van der Waals surface area (Å²) in [6.45, 7) is 1.44. The van der Waals surface area contributed by atoms with Crippen molar-refractivity contribution in [2.45, 2.75) is 13.3 Å². The van der Waals surface area contributed by atoms with E-state index in [0.717, 1.165) is 18.2 Å². The Morgan fingerprint density at radius 2 is 1.82 bits per heavy atom. The minimum Gasteiger partial charge on any atom is -0.506 e. The number of esters is 1. The van der Waals surface area contributed by atoms with Crippen molar-refractivity contribution in [3.05, 3.63) is 74.6 Å². The molecule has 3 aromatic rings. The number of fused-ring (bicyclic) bond motifs is 1. The number of aromatic hydroxyl groups is 1. The number of rotatable bonds is 4. The summed E-state index contributed by atoms with van der Waals surface area (Å²) in [5, 5.41) is 10.1. The van der Waals surface area contributed by atoms with E-state index in [0.29, 0.717) is 6.07 Å². The largest absolute Gasteiger partial charge is 0.506 e. The number of halogens is 4. The van der Waals surface area contributed by atoms with E-state index >= 15 is 0 Å². The summed E-state index contributed by atoms with van der Waals surface area (Å²) in [6, 6.07) is 3.51. The summed E-state index contributed by atoms with van der Waals surface area (Å²) >= 11 is 0. The van der Waals surface area contributed by atoms with Gasteiger partial charge in [0.15, 0.2) is 23.0 Å². The smallest absolute Gasteiger partial charge is 0.347 e. The Hall–Kier alpha value is -3.36. The molecule has 1 aromatic heterocycles. The second-order valence-electron chi connectivity index (χ2n) is 5.90. The van der Waals surface area contributed by atoms with Gasteiger partial charge in [0.1, 0.15) is 11.6 Å².